The number of rotatable bonds is 8. The third kappa shape index (κ3) is 5.31. The van der Waals surface area contributed by atoms with Crippen LogP contribution in [0.3, 0.4) is 0 Å². The lowest BCUT2D eigenvalue weighted by Gasteiger charge is -2.21. The molecule has 0 saturated heterocycles. The summed E-state index contributed by atoms with van der Waals surface area (Å²) in [5.74, 6) is -0.321. The maximum Gasteiger partial charge on any atom is 0.255 e. The van der Waals surface area contributed by atoms with E-state index in [9.17, 15) is 13.2 Å². The third-order valence-electron chi connectivity index (χ3n) is 4.13. The van der Waals surface area contributed by atoms with Crippen LogP contribution in [-0.4, -0.2) is 31.7 Å². The average Bonchev–Trinajstić information content (AvgIpc) is 2.64. The number of hydrogen-bond donors (Lipinski definition) is 1. The molecule has 0 atom stereocenters. The molecule has 0 fully saturated rings. The average molecular weight is 409 g/mol. The van der Waals surface area contributed by atoms with Crippen LogP contribution in [0.2, 0.25) is 5.02 Å². The number of nitrogens with one attached hydrogen (secondary N) is 1. The summed E-state index contributed by atoms with van der Waals surface area (Å²) in [6.45, 7) is 6.73. The zero-order valence-electron chi connectivity index (χ0n) is 15.8. The fourth-order valence-corrected chi connectivity index (χ4v) is 4.46. The highest BCUT2D eigenvalue weighted by molar-refractivity contribution is 7.89. The second kappa shape index (κ2) is 9.35. The molecule has 0 saturated carbocycles. The zero-order chi connectivity index (χ0) is 20.0. The topological polar surface area (TPSA) is 66.5 Å². The zero-order valence-corrected chi connectivity index (χ0v) is 17.4. The van der Waals surface area contributed by atoms with E-state index in [1.807, 2.05) is 26.8 Å². The molecule has 1 amide bonds. The molecule has 2 aromatic rings. The van der Waals surface area contributed by atoms with Crippen LogP contribution in [0.5, 0.6) is 0 Å². The van der Waals surface area contributed by atoms with E-state index in [1.165, 1.54) is 28.6 Å². The molecule has 0 spiro atoms. The van der Waals surface area contributed by atoms with Gasteiger partial charge in [0.05, 0.1) is 4.90 Å². The molecular weight excluding hydrogens is 384 g/mol. The number of anilines is 1. The maximum atomic E-state index is 12.8. The van der Waals surface area contributed by atoms with Gasteiger partial charge < -0.3 is 5.32 Å². The molecule has 0 aliphatic rings. The fourth-order valence-electron chi connectivity index (χ4n) is 2.65. The lowest BCUT2D eigenvalue weighted by molar-refractivity contribution is 0.102. The van der Waals surface area contributed by atoms with Crippen LogP contribution in [0.4, 0.5) is 5.69 Å². The van der Waals surface area contributed by atoms with Gasteiger partial charge >= 0.3 is 0 Å². The van der Waals surface area contributed by atoms with Gasteiger partial charge in [-0.15, -0.1) is 0 Å². The van der Waals surface area contributed by atoms with Crippen molar-refractivity contribution in [2.75, 3.05) is 18.4 Å². The monoisotopic (exact) mass is 408 g/mol. The molecule has 0 heterocycles. The molecule has 5 nitrogen and oxygen atoms in total. The molecule has 0 radical (unpaired) electrons. The fraction of sp³-hybridized carbons (Fsp3) is 0.350. The summed E-state index contributed by atoms with van der Waals surface area (Å²) in [4.78, 5) is 12.6. The first kappa shape index (κ1) is 21.4. The van der Waals surface area contributed by atoms with Gasteiger partial charge in [0.1, 0.15) is 0 Å². The van der Waals surface area contributed by atoms with Crippen LogP contribution in [0.1, 0.15) is 42.6 Å². The lowest BCUT2D eigenvalue weighted by Crippen LogP contribution is -2.32. The van der Waals surface area contributed by atoms with Gasteiger partial charge in [-0.1, -0.05) is 31.5 Å². The van der Waals surface area contributed by atoms with Crippen molar-refractivity contribution < 1.29 is 13.2 Å². The number of benzene rings is 2. The molecular formula is C20H25ClN2O3S. The van der Waals surface area contributed by atoms with Crippen LogP contribution >= 0.6 is 11.6 Å². The second-order valence-electron chi connectivity index (χ2n) is 6.35. The van der Waals surface area contributed by atoms with Gasteiger partial charge in [0, 0.05) is 29.4 Å². The first-order valence-electron chi connectivity index (χ1n) is 8.97. The van der Waals surface area contributed by atoms with Gasteiger partial charge in [0.15, 0.2) is 0 Å². The summed E-state index contributed by atoms with van der Waals surface area (Å²) in [5.41, 5.74) is 1.89. The van der Waals surface area contributed by atoms with E-state index in [4.69, 9.17) is 11.6 Å². The standard InChI is InChI=1S/C20H25ClN2O3S/c1-4-12-23(13-5-2)27(25,26)18-10-7-16(8-11-18)20(24)22-17-9-6-15(3)19(21)14-17/h6-11,14H,4-5,12-13H2,1-3H3,(H,22,24). The minimum absolute atomic E-state index is 0.194. The first-order chi connectivity index (χ1) is 12.8. The molecule has 2 aromatic carbocycles. The highest BCUT2D eigenvalue weighted by Crippen LogP contribution is 2.21. The Morgan fingerprint density at radius 1 is 1.04 bits per heavy atom. The van der Waals surface area contributed by atoms with Crippen molar-refractivity contribution in [1.82, 2.24) is 4.31 Å². The number of nitrogens with zero attached hydrogens (tertiary/aromatic N) is 1. The first-order valence-corrected chi connectivity index (χ1v) is 10.8. The Morgan fingerprint density at radius 3 is 2.15 bits per heavy atom. The number of carbonyl (C=O) groups is 1. The number of aryl methyl sites for hydroxylation is 1. The second-order valence-corrected chi connectivity index (χ2v) is 8.69. The van der Waals surface area contributed by atoms with E-state index in [1.54, 1.807) is 12.1 Å². The largest absolute Gasteiger partial charge is 0.322 e. The lowest BCUT2D eigenvalue weighted by atomic mass is 10.2. The maximum absolute atomic E-state index is 12.8. The van der Waals surface area contributed by atoms with Crippen LogP contribution in [0.25, 0.3) is 0 Å². The Hall–Kier alpha value is -1.89. The Balaban J connectivity index is 2.17. The molecule has 146 valence electrons. The Kier molecular flexibility index (Phi) is 7.41. The minimum atomic E-state index is -3.55. The van der Waals surface area contributed by atoms with E-state index in [-0.39, 0.29) is 10.8 Å². The van der Waals surface area contributed by atoms with Crippen molar-refractivity contribution in [2.24, 2.45) is 0 Å². The molecule has 0 aliphatic heterocycles. The third-order valence-corrected chi connectivity index (χ3v) is 6.45. The quantitative estimate of drug-likeness (QED) is 0.687. The van der Waals surface area contributed by atoms with Crippen LogP contribution < -0.4 is 5.32 Å². The van der Waals surface area contributed by atoms with Gasteiger partial charge in [-0.3, -0.25) is 4.79 Å². The minimum Gasteiger partial charge on any atom is -0.322 e. The normalized spacial score (nSPS) is 11.6. The number of amides is 1. The summed E-state index contributed by atoms with van der Waals surface area (Å²) >= 11 is 6.07. The number of sulfonamides is 1. The Morgan fingerprint density at radius 2 is 1.63 bits per heavy atom. The molecule has 0 aliphatic carbocycles. The summed E-state index contributed by atoms with van der Waals surface area (Å²) in [6, 6.07) is 11.3. The van der Waals surface area contributed by atoms with Gasteiger partial charge in [-0.05, 0) is 61.7 Å². The van der Waals surface area contributed by atoms with E-state index in [0.717, 1.165) is 18.4 Å². The smallest absolute Gasteiger partial charge is 0.255 e. The van der Waals surface area contributed by atoms with Crippen molar-refractivity contribution >= 4 is 33.2 Å². The van der Waals surface area contributed by atoms with Crippen LogP contribution in [0, 0.1) is 6.92 Å². The van der Waals surface area contributed by atoms with Crippen molar-refractivity contribution in [2.45, 2.75) is 38.5 Å². The molecule has 0 bridgehead atoms. The summed E-state index contributed by atoms with van der Waals surface area (Å²) in [7, 11) is -3.55. The predicted octanol–water partition coefficient (Wildman–Crippen LogP) is 4.71. The van der Waals surface area contributed by atoms with Gasteiger partial charge in [0.2, 0.25) is 10.0 Å². The van der Waals surface area contributed by atoms with Gasteiger partial charge in [-0.2, -0.15) is 4.31 Å². The molecule has 27 heavy (non-hydrogen) atoms. The van der Waals surface area contributed by atoms with Crippen molar-refractivity contribution in [3.63, 3.8) is 0 Å². The van der Waals surface area contributed by atoms with E-state index < -0.39 is 10.0 Å². The Bertz CT molecular complexity index is 890. The Labute approximate surface area is 166 Å². The van der Waals surface area contributed by atoms with Crippen molar-refractivity contribution in [1.29, 1.82) is 0 Å². The molecule has 2 rings (SSSR count). The molecule has 1 N–H and O–H groups in total. The highest BCUT2D eigenvalue weighted by Gasteiger charge is 2.23. The summed E-state index contributed by atoms with van der Waals surface area (Å²) in [5, 5.41) is 3.34. The van der Waals surface area contributed by atoms with Crippen molar-refractivity contribution in [3.8, 4) is 0 Å². The molecule has 0 unspecified atom stereocenters. The number of halogens is 1. The van der Waals surface area contributed by atoms with E-state index >= 15 is 0 Å². The number of carbonyl (C=O) groups excluding carboxylic acids is 1. The van der Waals surface area contributed by atoms with Crippen molar-refractivity contribution in [3.05, 3.63) is 58.6 Å². The summed E-state index contributed by atoms with van der Waals surface area (Å²) in [6.07, 6.45) is 1.50. The summed E-state index contributed by atoms with van der Waals surface area (Å²) < 4.78 is 27.0. The molecule has 7 heteroatoms. The molecule has 0 aromatic heterocycles. The van der Waals surface area contributed by atoms with Gasteiger partial charge in [-0.25, -0.2) is 8.42 Å². The highest BCUT2D eigenvalue weighted by atomic mass is 35.5. The van der Waals surface area contributed by atoms with Crippen LogP contribution in [0.15, 0.2) is 47.4 Å². The van der Waals surface area contributed by atoms with E-state index in [0.29, 0.717) is 29.4 Å². The van der Waals surface area contributed by atoms with E-state index in [2.05, 4.69) is 5.32 Å². The number of hydrogen-bond acceptors (Lipinski definition) is 3. The SMILES string of the molecule is CCCN(CCC)S(=O)(=O)c1ccc(C(=O)Nc2ccc(C)c(Cl)c2)cc1. The van der Waals surface area contributed by atoms with Crippen LogP contribution in [-0.2, 0) is 10.0 Å². The predicted molar refractivity (Wildman–Crippen MR) is 110 cm³/mol. The van der Waals surface area contributed by atoms with Gasteiger partial charge in [0.25, 0.3) is 5.91 Å².